The summed E-state index contributed by atoms with van der Waals surface area (Å²) in [5, 5.41) is 4.91. The normalized spacial score (nSPS) is 17.0. The fourth-order valence-electron chi connectivity index (χ4n) is 2.88. The largest absolute Gasteiger partial charge is 0.330 e. The van der Waals surface area contributed by atoms with Crippen LogP contribution in [0.25, 0.3) is 0 Å². The summed E-state index contributed by atoms with van der Waals surface area (Å²) in [6.45, 7) is 2.10. The summed E-state index contributed by atoms with van der Waals surface area (Å²) in [4.78, 5) is 14.9. The lowest BCUT2D eigenvalue weighted by molar-refractivity contribution is 0.0676. The van der Waals surface area contributed by atoms with Gasteiger partial charge in [0.25, 0.3) is 5.91 Å². The Balaban J connectivity index is 1.90. The number of carbonyl (C=O) groups excluding carboxylic acids is 1. The van der Waals surface area contributed by atoms with Crippen molar-refractivity contribution in [3.05, 3.63) is 68.7 Å². The summed E-state index contributed by atoms with van der Waals surface area (Å²) in [6.07, 6.45) is 0.914. The topological polar surface area (TPSA) is 32.3 Å². The van der Waals surface area contributed by atoms with Gasteiger partial charge in [-0.3, -0.25) is 4.79 Å². The molecule has 1 amide bonds. The number of nitrogens with one attached hydrogen (secondary N) is 1. The van der Waals surface area contributed by atoms with E-state index < -0.39 is 0 Å². The number of carbonyl (C=O) groups is 1. The third-order valence-corrected chi connectivity index (χ3v) is 5.31. The third kappa shape index (κ3) is 3.86. The van der Waals surface area contributed by atoms with Crippen molar-refractivity contribution in [2.75, 3.05) is 13.1 Å². The Morgan fingerprint density at radius 3 is 2.54 bits per heavy atom. The molecule has 0 aliphatic carbocycles. The van der Waals surface area contributed by atoms with Crippen LogP contribution < -0.4 is 5.32 Å². The molecule has 0 bridgehead atoms. The van der Waals surface area contributed by atoms with Gasteiger partial charge >= 0.3 is 0 Å². The molecule has 1 unspecified atom stereocenters. The van der Waals surface area contributed by atoms with Gasteiger partial charge in [0.05, 0.1) is 10.0 Å². The fraction of sp³-hybridized carbons (Fsp3) is 0.278. The minimum absolute atomic E-state index is 0.0311. The minimum atomic E-state index is -0.0311. The van der Waals surface area contributed by atoms with Crippen LogP contribution in [0.2, 0.25) is 15.1 Å². The van der Waals surface area contributed by atoms with Crippen LogP contribution >= 0.6 is 34.8 Å². The van der Waals surface area contributed by atoms with Gasteiger partial charge in [0.2, 0.25) is 0 Å². The lowest BCUT2D eigenvalue weighted by Gasteiger charge is -2.29. The van der Waals surface area contributed by atoms with Crippen molar-refractivity contribution in [2.24, 2.45) is 0 Å². The molecule has 1 aliphatic heterocycles. The van der Waals surface area contributed by atoms with Crippen LogP contribution in [0.15, 0.2) is 42.5 Å². The highest BCUT2D eigenvalue weighted by Gasteiger charge is 2.28. The standard InChI is InChI=1S/C18H17Cl3N2O/c19-14-6-4-12(5-7-14)18(24)23(15-8-9-22-10-15)11-13-2-1-3-16(20)17(13)21/h1-7,15,22H,8-11H2. The molecule has 2 aromatic rings. The molecule has 1 atom stereocenters. The maximum atomic E-state index is 13.0. The highest BCUT2D eigenvalue weighted by Crippen LogP contribution is 2.28. The van der Waals surface area contributed by atoms with Crippen molar-refractivity contribution in [1.29, 1.82) is 0 Å². The van der Waals surface area contributed by atoms with Crippen LogP contribution in [0, 0.1) is 0 Å². The van der Waals surface area contributed by atoms with Crippen LogP contribution in [0.3, 0.4) is 0 Å². The average molecular weight is 384 g/mol. The first-order valence-corrected chi connectivity index (χ1v) is 8.90. The van der Waals surface area contributed by atoms with Crippen molar-refractivity contribution in [3.8, 4) is 0 Å². The highest BCUT2D eigenvalue weighted by atomic mass is 35.5. The second-order valence-electron chi connectivity index (χ2n) is 5.80. The molecule has 0 aromatic heterocycles. The number of rotatable bonds is 4. The van der Waals surface area contributed by atoms with E-state index in [0.717, 1.165) is 25.1 Å². The summed E-state index contributed by atoms with van der Waals surface area (Å²) in [7, 11) is 0. The first-order valence-electron chi connectivity index (χ1n) is 7.76. The number of halogens is 3. The monoisotopic (exact) mass is 382 g/mol. The zero-order chi connectivity index (χ0) is 17.1. The molecule has 0 saturated carbocycles. The number of amides is 1. The number of hydrogen-bond acceptors (Lipinski definition) is 2. The Bertz CT molecular complexity index is 728. The van der Waals surface area contributed by atoms with Gasteiger partial charge in [-0.1, -0.05) is 46.9 Å². The summed E-state index contributed by atoms with van der Waals surface area (Å²) >= 11 is 18.3. The van der Waals surface area contributed by atoms with Crippen LogP contribution in [0.4, 0.5) is 0 Å². The summed E-state index contributed by atoms with van der Waals surface area (Å²) in [5.41, 5.74) is 1.46. The molecule has 126 valence electrons. The molecule has 6 heteroatoms. The van der Waals surface area contributed by atoms with E-state index in [0.29, 0.717) is 27.2 Å². The van der Waals surface area contributed by atoms with E-state index >= 15 is 0 Å². The number of benzene rings is 2. The van der Waals surface area contributed by atoms with Gasteiger partial charge in [-0.05, 0) is 48.9 Å². The van der Waals surface area contributed by atoms with Gasteiger partial charge in [-0.25, -0.2) is 0 Å². The van der Waals surface area contributed by atoms with Gasteiger partial charge in [-0.2, -0.15) is 0 Å². The average Bonchev–Trinajstić information content (AvgIpc) is 3.10. The Labute approximate surface area is 156 Å². The van der Waals surface area contributed by atoms with Crippen molar-refractivity contribution in [1.82, 2.24) is 10.2 Å². The molecule has 0 spiro atoms. The molecule has 1 fully saturated rings. The van der Waals surface area contributed by atoms with E-state index in [1.807, 2.05) is 17.0 Å². The first kappa shape index (κ1) is 17.6. The van der Waals surface area contributed by atoms with Gasteiger partial charge in [0.15, 0.2) is 0 Å². The summed E-state index contributed by atoms with van der Waals surface area (Å²) in [5.74, 6) is -0.0311. The molecule has 3 rings (SSSR count). The molecule has 24 heavy (non-hydrogen) atoms. The van der Waals surface area contributed by atoms with E-state index in [1.54, 1.807) is 30.3 Å². The number of nitrogens with zero attached hydrogens (tertiary/aromatic N) is 1. The molecule has 1 N–H and O–H groups in total. The zero-order valence-electron chi connectivity index (χ0n) is 12.9. The van der Waals surface area contributed by atoms with Crippen molar-refractivity contribution in [3.63, 3.8) is 0 Å². The Kier molecular flexibility index (Phi) is 5.67. The molecule has 1 aliphatic rings. The van der Waals surface area contributed by atoms with E-state index in [-0.39, 0.29) is 11.9 Å². The van der Waals surface area contributed by atoms with Crippen LogP contribution in [-0.4, -0.2) is 29.9 Å². The molecular formula is C18H17Cl3N2O. The lowest BCUT2D eigenvalue weighted by atomic mass is 10.1. The van der Waals surface area contributed by atoms with Gasteiger partial charge in [0, 0.05) is 29.7 Å². The van der Waals surface area contributed by atoms with Crippen molar-refractivity contribution < 1.29 is 4.79 Å². The maximum absolute atomic E-state index is 13.0. The van der Waals surface area contributed by atoms with E-state index in [4.69, 9.17) is 34.8 Å². The van der Waals surface area contributed by atoms with Crippen molar-refractivity contribution in [2.45, 2.75) is 19.0 Å². The molecular weight excluding hydrogens is 367 g/mol. The summed E-state index contributed by atoms with van der Waals surface area (Å²) < 4.78 is 0. The SMILES string of the molecule is O=C(c1ccc(Cl)cc1)N(Cc1cccc(Cl)c1Cl)C1CCNC1. The predicted molar refractivity (Wildman–Crippen MR) is 99.1 cm³/mol. The zero-order valence-corrected chi connectivity index (χ0v) is 15.2. The van der Waals surface area contributed by atoms with Gasteiger partial charge in [-0.15, -0.1) is 0 Å². The highest BCUT2D eigenvalue weighted by molar-refractivity contribution is 6.42. The Hall–Kier alpha value is -1.26. The second kappa shape index (κ2) is 7.75. The first-order chi connectivity index (χ1) is 11.6. The Morgan fingerprint density at radius 1 is 1.12 bits per heavy atom. The molecule has 1 saturated heterocycles. The predicted octanol–water partition coefficient (Wildman–Crippen LogP) is 4.65. The van der Waals surface area contributed by atoms with Crippen molar-refractivity contribution >= 4 is 40.7 Å². The van der Waals surface area contributed by atoms with Crippen LogP contribution in [0.1, 0.15) is 22.3 Å². The molecule has 3 nitrogen and oxygen atoms in total. The van der Waals surface area contributed by atoms with Gasteiger partial charge in [0.1, 0.15) is 0 Å². The van der Waals surface area contributed by atoms with E-state index in [1.165, 1.54) is 0 Å². The minimum Gasteiger partial charge on any atom is -0.330 e. The third-order valence-electron chi connectivity index (χ3n) is 4.20. The summed E-state index contributed by atoms with van der Waals surface area (Å²) in [6, 6.07) is 12.6. The Morgan fingerprint density at radius 2 is 1.88 bits per heavy atom. The molecule has 1 heterocycles. The quantitative estimate of drug-likeness (QED) is 0.833. The smallest absolute Gasteiger partial charge is 0.254 e. The van der Waals surface area contributed by atoms with Gasteiger partial charge < -0.3 is 10.2 Å². The molecule has 2 aromatic carbocycles. The van der Waals surface area contributed by atoms with Crippen LogP contribution in [0.5, 0.6) is 0 Å². The lowest BCUT2D eigenvalue weighted by Crippen LogP contribution is -2.41. The maximum Gasteiger partial charge on any atom is 0.254 e. The number of hydrogen-bond donors (Lipinski definition) is 1. The van der Waals surface area contributed by atoms with E-state index in [2.05, 4.69) is 5.32 Å². The molecule has 0 radical (unpaired) electrons. The fourth-order valence-corrected chi connectivity index (χ4v) is 3.39. The second-order valence-corrected chi connectivity index (χ2v) is 7.02. The van der Waals surface area contributed by atoms with E-state index in [9.17, 15) is 4.79 Å². The van der Waals surface area contributed by atoms with Crippen LogP contribution in [-0.2, 0) is 6.54 Å².